The average Bonchev–Trinajstić information content (AvgIpc) is 2.54. The van der Waals surface area contributed by atoms with Crippen LogP contribution in [-0.2, 0) is 17.9 Å². The van der Waals surface area contributed by atoms with Crippen LogP contribution >= 0.6 is 0 Å². The number of rotatable bonds is 6. The molecule has 5 nitrogen and oxygen atoms in total. The van der Waals surface area contributed by atoms with Crippen molar-refractivity contribution in [1.29, 1.82) is 0 Å². The highest BCUT2D eigenvalue weighted by Gasteiger charge is 2.18. The maximum absolute atomic E-state index is 12.6. The fourth-order valence-electron chi connectivity index (χ4n) is 2.05. The van der Waals surface area contributed by atoms with Crippen molar-refractivity contribution in [3.8, 4) is 0 Å². The minimum Gasteiger partial charge on any atom is -0.392 e. The number of aliphatic hydroxyl groups excluding tert-OH is 1. The second-order valence-electron chi connectivity index (χ2n) is 4.52. The minimum absolute atomic E-state index is 0.000912. The van der Waals surface area contributed by atoms with E-state index in [0.717, 1.165) is 5.56 Å². The molecule has 1 heterocycles. The highest BCUT2D eigenvalue weighted by Crippen LogP contribution is 2.14. The molecular formula is C16H16N2O3. The van der Waals surface area contributed by atoms with E-state index in [1.54, 1.807) is 48.8 Å². The van der Waals surface area contributed by atoms with E-state index in [-0.39, 0.29) is 19.1 Å². The number of hydrogen-bond acceptors (Lipinski definition) is 4. The molecule has 0 fully saturated rings. The zero-order valence-electron chi connectivity index (χ0n) is 11.5. The molecule has 0 saturated heterocycles. The van der Waals surface area contributed by atoms with Crippen LogP contribution < -0.4 is 0 Å². The van der Waals surface area contributed by atoms with Gasteiger partial charge in [0.25, 0.3) is 5.91 Å². The summed E-state index contributed by atoms with van der Waals surface area (Å²) in [7, 11) is 0. The van der Waals surface area contributed by atoms with Crippen LogP contribution in [0, 0.1) is 0 Å². The van der Waals surface area contributed by atoms with Crippen LogP contribution in [0.25, 0.3) is 0 Å². The quantitative estimate of drug-likeness (QED) is 0.814. The maximum Gasteiger partial charge on any atom is 0.254 e. The Bertz CT molecular complexity index is 614. The molecule has 0 atom stereocenters. The molecule has 2 aromatic rings. The van der Waals surface area contributed by atoms with Gasteiger partial charge in [-0.15, -0.1) is 0 Å². The minimum atomic E-state index is -0.274. The third-order valence-electron chi connectivity index (χ3n) is 3.12. The molecule has 0 radical (unpaired) electrons. The number of aldehydes is 1. The summed E-state index contributed by atoms with van der Waals surface area (Å²) < 4.78 is 0. The SMILES string of the molecule is O=CCN(Cc1ccncc1)C(=O)c1ccccc1CO. The van der Waals surface area contributed by atoms with Gasteiger partial charge < -0.3 is 14.8 Å². The second kappa shape index (κ2) is 7.31. The topological polar surface area (TPSA) is 70.5 Å². The van der Waals surface area contributed by atoms with Gasteiger partial charge in [0.1, 0.15) is 6.29 Å². The number of amides is 1. The van der Waals surface area contributed by atoms with Crippen molar-refractivity contribution in [2.75, 3.05) is 6.54 Å². The van der Waals surface area contributed by atoms with Gasteiger partial charge in [0, 0.05) is 24.5 Å². The van der Waals surface area contributed by atoms with Crippen molar-refractivity contribution >= 4 is 12.2 Å². The van der Waals surface area contributed by atoms with Crippen molar-refractivity contribution in [3.63, 3.8) is 0 Å². The first-order chi connectivity index (χ1) is 10.3. The van der Waals surface area contributed by atoms with Gasteiger partial charge in [0.2, 0.25) is 0 Å². The Morgan fingerprint density at radius 3 is 2.57 bits per heavy atom. The zero-order valence-corrected chi connectivity index (χ0v) is 11.5. The molecule has 108 valence electrons. The lowest BCUT2D eigenvalue weighted by Gasteiger charge is -2.21. The number of aromatic nitrogens is 1. The lowest BCUT2D eigenvalue weighted by molar-refractivity contribution is -0.108. The molecule has 2 rings (SSSR count). The number of carbonyl (C=O) groups is 2. The van der Waals surface area contributed by atoms with Crippen LogP contribution in [0.3, 0.4) is 0 Å². The van der Waals surface area contributed by atoms with E-state index in [4.69, 9.17) is 0 Å². The summed E-state index contributed by atoms with van der Waals surface area (Å²) in [5.41, 5.74) is 1.85. The van der Waals surface area contributed by atoms with Crippen LogP contribution in [0.2, 0.25) is 0 Å². The van der Waals surface area contributed by atoms with Crippen LogP contribution in [0.4, 0.5) is 0 Å². The summed E-state index contributed by atoms with van der Waals surface area (Å²) in [6.07, 6.45) is 3.97. The van der Waals surface area contributed by atoms with Gasteiger partial charge in [-0.05, 0) is 29.3 Å². The standard InChI is InChI=1S/C16H16N2O3/c19-10-9-18(11-13-5-7-17-8-6-13)16(21)15-4-2-1-3-14(15)12-20/h1-8,10,20H,9,11-12H2. The average molecular weight is 284 g/mol. The predicted molar refractivity (Wildman–Crippen MR) is 77.4 cm³/mol. The van der Waals surface area contributed by atoms with E-state index in [1.807, 2.05) is 0 Å². The summed E-state index contributed by atoms with van der Waals surface area (Å²) in [6, 6.07) is 10.4. The van der Waals surface area contributed by atoms with Gasteiger partial charge in [-0.3, -0.25) is 9.78 Å². The molecule has 0 unspecified atom stereocenters. The Hall–Kier alpha value is -2.53. The summed E-state index contributed by atoms with van der Waals surface area (Å²) in [4.78, 5) is 28.8. The first-order valence-corrected chi connectivity index (χ1v) is 6.57. The van der Waals surface area contributed by atoms with Gasteiger partial charge in [-0.25, -0.2) is 0 Å². The third kappa shape index (κ3) is 3.73. The Morgan fingerprint density at radius 2 is 1.90 bits per heavy atom. The molecule has 0 bridgehead atoms. The van der Waals surface area contributed by atoms with Crippen molar-refractivity contribution in [2.24, 2.45) is 0 Å². The van der Waals surface area contributed by atoms with Crippen LogP contribution in [-0.4, -0.2) is 33.7 Å². The normalized spacial score (nSPS) is 10.1. The van der Waals surface area contributed by atoms with Crippen molar-refractivity contribution < 1.29 is 14.7 Å². The Kier molecular flexibility index (Phi) is 5.17. The fraction of sp³-hybridized carbons (Fsp3) is 0.188. The van der Waals surface area contributed by atoms with Gasteiger partial charge in [0.15, 0.2) is 0 Å². The smallest absolute Gasteiger partial charge is 0.254 e. The number of hydrogen-bond donors (Lipinski definition) is 1. The molecule has 5 heteroatoms. The number of pyridine rings is 1. The monoisotopic (exact) mass is 284 g/mol. The van der Waals surface area contributed by atoms with E-state index in [1.165, 1.54) is 4.90 Å². The van der Waals surface area contributed by atoms with E-state index < -0.39 is 0 Å². The van der Waals surface area contributed by atoms with Crippen LogP contribution in [0.5, 0.6) is 0 Å². The molecule has 0 aliphatic heterocycles. The van der Waals surface area contributed by atoms with Crippen LogP contribution in [0.15, 0.2) is 48.8 Å². The van der Waals surface area contributed by atoms with E-state index in [2.05, 4.69) is 4.98 Å². The Morgan fingerprint density at radius 1 is 1.19 bits per heavy atom. The summed E-state index contributed by atoms with van der Waals surface area (Å²) >= 11 is 0. The van der Waals surface area contributed by atoms with Gasteiger partial charge in [-0.2, -0.15) is 0 Å². The fourth-order valence-corrected chi connectivity index (χ4v) is 2.05. The van der Waals surface area contributed by atoms with Crippen molar-refractivity contribution in [3.05, 3.63) is 65.5 Å². The maximum atomic E-state index is 12.6. The Labute approximate surface area is 122 Å². The third-order valence-corrected chi connectivity index (χ3v) is 3.12. The van der Waals surface area contributed by atoms with Crippen molar-refractivity contribution in [1.82, 2.24) is 9.88 Å². The molecule has 21 heavy (non-hydrogen) atoms. The molecule has 1 N–H and O–H groups in total. The highest BCUT2D eigenvalue weighted by molar-refractivity contribution is 5.96. The predicted octanol–water partition coefficient (Wildman–Crippen LogP) is 1.42. The lowest BCUT2D eigenvalue weighted by Crippen LogP contribution is -2.32. The van der Waals surface area contributed by atoms with Gasteiger partial charge in [-0.1, -0.05) is 18.2 Å². The summed E-state index contributed by atoms with van der Waals surface area (Å²) in [6.45, 7) is 0.104. The first kappa shape index (κ1) is 14.9. The molecular weight excluding hydrogens is 268 g/mol. The molecule has 1 amide bonds. The number of carbonyl (C=O) groups excluding carboxylic acids is 2. The molecule has 0 saturated carbocycles. The van der Waals surface area contributed by atoms with Crippen LogP contribution in [0.1, 0.15) is 21.5 Å². The van der Waals surface area contributed by atoms with Gasteiger partial charge in [0.05, 0.1) is 13.2 Å². The molecule has 0 spiro atoms. The summed E-state index contributed by atoms with van der Waals surface area (Å²) in [5.74, 6) is -0.274. The van der Waals surface area contributed by atoms with Crippen molar-refractivity contribution in [2.45, 2.75) is 13.2 Å². The first-order valence-electron chi connectivity index (χ1n) is 6.57. The van der Waals surface area contributed by atoms with E-state index in [9.17, 15) is 14.7 Å². The molecule has 1 aromatic carbocycles. The molecule has 1 aromatic heterocycles. The lowest BCUT2D eigenvalue weighted by atomic mass is 10.1. The highest BCUT2D eigenvalue weighted by atomic mass is 16.3. The number of aliphatic hydroxyl groups is 1. The summed E-state index contributed by atoms with van der Waals surface area (Å²) in [5, 5.41) is 9.32. The molecule has 0 aliphatic rings. The van der Waals surface area contributed by atoms with E-state index in [0.29, 0.717) is 24.0 Å². The second-order valence-corrected chi connectivity index (χ2v) is 4.52. The van der Waals surface area contributed by atoms with E-state index >= 15 is 0 Å². The Balaban J connectivity index is 2.25. The molecule has 0 aliphatic carbocycles. The van der Waals surface area contributed by atoms with Gasteiger partial charge >= 0.3 is 0 Å². The number of nitrogens with zero attached hydrogens (tertiary/aromatic N) is 2. The zero-order chi connectivity index (χ0) is 15.1. The number of benzene rings is 1. The largest absolute Gasteiger partial charge is 0.392 e.